The SMILES string of the molecule is CCc1ccc(CN(C)S(=O)(=O)N2CCCC(C)C2)cc1. The van der Waals surface area contributed by atoms with Crippen LogP contribution in [0.15, 0.2) is 24.3 Å². The Morgan fingerprint density at radius 1 is 1.24 bits per heavy atom. The smallest absolute Gasteiger partial charge is 0.195 e. The van der Waals surface area contributed by atoms with Crippen LogP contribution in [0, 0.1) is 5.92 Å². The Bertz CT molecular complexity index is 554. The fourth-order valence-electron chi connectivity index (χ4n) is 2.77. The van der Waals surface area contributed by atoms with Gasteiger partial charge in [0, 0.05) is 26.7 Å². The van der Waals surface area contributed by atoms with E-state index in [1.807, 2.05) is 12.1 Å². The fourth-order valence-corrected chi connectivity index (χ4v) is 4.28. The molecular weight excluding hydrogens is 284 g/mol. The van der Waals surface area contributed by atoms with Gasteiger partial charge in [-0.1, -0.05) is 38.1 Å². The zero-order chi connectivity index (χ0) is 15.5. The molecule has 0 aromatic heterocycles. The van der Waals surface area contributed by atoms with Gasteiger partial charge in [-0.05, 0) is 36.3 Å². The van der Waals surface area contributed by atoms with Crippen molar-refractivity contribution < 1.29 is 8.42 Å². The number of rotatable bonds is 5. The first-order valence-electron chi connectivity index (χ1n) is 7.72. The van der Waals surface area contributed by atoms with Gasteiger partial charge in [-0.15, -0.1) is 0 Å². The topological polar surface area (TPSA) is 40.6 Å². The largest absolute Gasteiger partial charge is 0.282 e. The first-order valence-corrected chi connectivity index (χ1v) is 9.12. The summed E-state index contributed by atoms with van der Waals surface area (Å²) in [5, 5.41) is 0. The van der Waals surface area contributed by atoms with E-state index in [1.54, 1.807) is 11.4 Å². The van der Waals surface area contributed by atoms with Crippen molar-refractivity contribution in [3.05, 3.63) is 35.4 Å². The van der Waals surface area contributed by atoms with Gasteiger partial charge in [0.2, 0.25) is 0 Å². The zero-order valence-electron chi connectivity index (χ0n) is 13.2. The summed E-state index contributed by atoms with van der Waals surface area (Å²) in [6.07, 6.45) is 3.08. The molecule has 5 heteroatoms. The van der Waals surface area contributed by atoms with Gasteiger partial charge in [0.05, 0.1) is 0 Å². The number of nitrogens with zero attached hydrogens (tertiary/aromatic N) is 2. The van der Waals surface area contributed by atoms with Crippen molar-refractivity contribution >= 4 is 10.2 Å². The Hall–Kier alpha value is -0.910. The van der Waals surface area contributed by atoms with Crippen LogP contribution in [0.25, 0.3) is 0 Å². The van der Waals surface area contributed by atoms with E-state index >= 15 is 0 Å². The van der Waals surface area contributed by atoms with Crippen molar-refractivity contribution in [1.82, 2.24) is 8.61 Å². The van der Waals surface area contributed by atoms with E-state index in [9.17, 15) is 8.42 Å². The normalized spacial score (nSPS) is 20.9. The third-order valence-electron chi connectivity index (χ3n) is 4.18. The molecule has 1 aromatic rings. The third-order valence-corrected chi connectivity index (χ3v) is 6.08. The van der Waals surface area contributed by atoms with Gasteiger partial charge in [0.25, 0.3) is 10.2 Å². The molecule has 0 amide bonds. The molecule has 0 N–H and O–H groups in total. The average Bonchev–Trinajstić information content (AvgIpc) is 2.48. The number of piperidine rings is 1. The molecule has 0 saturated carbocycles. The first kappa shape index (κ1) is 16.5. The van der Waals surface area contributed by atoms with Gasteiger partial charge in [-0.2, -0.15) is 17.0 Å². The van der Waals surface area contributed by atoms with Crippen LogP contribution in [0.2, 0.25) is 0 Å². The number of hydrogen-bond donors (Lipinski definition) is 0. The van der Waals surface area contributed by atoms with E-state index in [-0.39, 0.29) is 0 Å². The summed E-state index contributed by atoms with van der Waals surface area (Å²) < 4.78 is 28.3. The second-order valence-corrected chi connectivity index (χ2v) is 8.07. The lowest BCUT2D eigenvalue weighted by Gasteiger charge is -2.33. The molecule has 1 unspecified atom stereocenters. The molecule has 0 spiro atoms. The molecule has 0 aliphatic carbocycles. The van der Waals surface area contributed by atoms with Gasteiger partial charge in [0.15, 0.2) is 0 Å². The summed E-state index contributed by atoms with van der Waals surface area (Å²) in [5.74, 6) is 0.450. The lowest BCUT2D eigenvalue weighted by molar-refractivity contribution is 0.263. The van der Waals surface area contributed by atoms with Gasteiger partial charge in [-0.25, -0.2) is 0 Å². The molecule has 4 nitrogen and oxygen atoms in total. The van der Waals surface area contributed by atoms with Crippen LogP contribution in [0.1, 0.15) is 37.8 Å². The Balaban J connectivity index is 2.05. The summed E-state index contributed by atoms with van der Waals surface area (Å²) in [4.78, 5) is 0. The summed E-state index contributed by atoms with van der Waals surface area (Å²) in [7, 11) is -1.67. The minimum absolute atomic E-state index is 0.428. The van der Waals surface area contributed by atoms with Crippen LogP contribution in [0.5, 0.6) is 0 Å². The minimum Gasteiger partial charge on any atom is -0.195 e. The molecule has 1 fully saturated rings. The maximum absolute atomic E-state index is 12.6. The summed E-state index contributed by atoms with van der Waals surface area (Å²) in [5.41, 5.74) is 2.30. The van der Waals surface area contributed by atoms with Crippen molar-refractivity contribution in [1.29, 1.82) is 0 Å². The van der Waals surface area contributed by atoms with Crippen LogP contribution in [0.4, 0.5) is 0 Å². The molecule has 1 aliphatic rings. The summed E-state index contributed by atoms with van der Waals surface area (Å²) >= 11 is 0. The highest BCUT2D eigenvalue weighted by Gasteiger charge is 2.30. The Kier molecular flexibility index (Phi) is 5.41. The van der Waals surface area contributed by atoms with Crippen LogP contribution in [-0.2, 0) is 23.2 Å². The first-order chi connectivity index (χ1) is 9.93. The molecule has 1 aliphatic heterocycles. The highest BCUT2D eigenvalue weighted by molar-refractivity contribution is 7.86. The summed E-state index contributed by atoms with van der Waals surface area (Å²) in [6, 6.07) is 8.17. The molecule has 1 aromatic carbocycles. The van der Waals surface area contributed by atoms with Crippen LogP contribution < -0.4 is 0 Å². The van der Waals surface area contributed by atoms with Gasteiger partial charge >= 0.3 is 0 Å². The van der Waals surface area contributed by atoms with E-state index in [0.717, 1.165) is 24.8 Å². The third kappa shape index (κ3) is 4.05. The average molecular weight is 310 g/mol. The number of hydrogen-bond acceptors (Lipinski definition) is 2. The number of aryl methyl sites for hydroxylation is 1. The molecule has 0 bridgehead atoms. The van der Waals surface area contributed by atoms with Crippen LogP contribution >= 0.6 is 0 Å². The van der Waals surface area contributed by atoms with Crippen molar-refractivity contribution in [2.75, 3.05) is 20.1 Å². The molecule has 21 heavy (non-hydrogen) atoms. The molecular formula is C16H26N2O2S. The molecule has 1 saturated heterocycles. The van der Waals surface area contributed by atoms with Crippen LogP contribution in [0.3, 0.4) is 0 Å². The van der Waals surface area contributed by atoms with Gasteiger partial charge < -0.3 is 0 Å². The van der Waals surface area contributed by atoms with E-state index in [0.29, 0.717) is 25.6 Å². The monoisotopic (exact) mass is 310 g/mol. The zero-order valence-corrected chi connectivity index (χ0v) is 14.1. The quantitative estimate of drug-likeness (QED) is 0.839. The van der Waals surface area contributed by atoms with Crippen molar-refractivity contribution in [2.45, 2.75) is 39.7 Å². The molecule has 1 atom stereocenters. The summed E-state index contributed by atoms with van der Waals surface area (Å²) in [6.45, 7) is 5.94. The van der Waals surface area contributed by atoms with Crippen molar-refractivity contribution in [3.63, 3.8) is 0 Å². The minimum atomic E-state index is -3.34. The molecule has 0 radical (unpaired) electrons. The maximum atomic E-state index is 12.6. The highest BCUT2D eigenvalue weighted by Crippen LogP contribution is 2.21. The van der Waals surface area contributed by atoms with Crippen molar-refractivity contribution in [3.8, 4) is 0 Å². The lowest BCUT2D eigenvalue weighted by Crippen LogP contribution is -2.45. The second kappa shape index (κ2) is 6.90. The fraction of sp³-hybridized carbons (Fsp3) is 0.625. The van der Waals surface area contributed by atoms with Crippen molar-refractivity contribution in [2.24, 2.45) is 5.92 Å². The highest BCUT2D eigenvalue weighted by atomic mass is 32.2. The second-order valence-electron chi connectivity index (χ2n) is 6.04. The number of benzene rings is 1. The maximum Gasteiger partial charge on any atom is 0.282 e. The van der Waals surface area contributed by atoms with E-state index in [1.165, 1.54) is 9.87 Å². The standard InChI is InChI=1S/C16H26N2O2S/c1-4-15-7-9-16(10-8-15)13-17(3)21(19,20)18-11-5-6-14(2)12-18/h7-10,14H,4-6,11-13H2,1-3H3. The van der Waals surface area contributed by atoms with E-state index in [4.69, 9.17) is 0 Å². The lowest BCUT2D eigenvalue weighted by atomic mass is 10.0. The molecule has 118 valence electrons. The predicted molar refractivity (Wildman–Crippen MR) is 86.2 cm³/mol. The molecule has 2 rings (SSSR count). The Morgan fingerprint density at radius 3 is 2.43 bits per heavy atom. The van der Waals surface area contributed by atoms with Crippen LogP contribution in [-0.4, -0.2) is 37.2 Å². The predicted octanol–water partition coefficient (Wildman–Crippen LogP) is 2.66. The van der Waals surface area contributed by atoms with Gasteiger partial charge in [0.1, 0.15) is 0 Å². The van der Waals surface area contributed by atoms with E-state index in [2.05, 4.69) is 26.0 Å². The van der Waals surface area contributed by atoms with Gasteiger partial charge in [-0.3, -0.25) is 0 Å². The molecule has 1 heterocycles. The Morgan fingerprint density at radius 2 is 1.86 bits per heavy atom. The Labute approximate surface area is 128 Å². The van der Waals surface area contributed by atoms with E-state index < -0.39 is 10.2 Å².